The van der Waals surface area contributed by atoms with Crippen LogP contribution in [0.15, 0.2) is 22.7 Å². The molecule has 2 fully saturated rings. The fraction of sp³-hybridized carbons (Fsp3) is 0.600. The van der Waals surface area contributed by atoms with Gasteiger partial charge < -0.3 is 10.1 Å². The molecule has 0 aromatic heterocycles. The van der Waals surface area contributed by atoms with E-state index < -0.39 is 0 Å². The van der Waals surface area contributed by atoms with Gasteiger partial charge in [-0.25, -0.2) is 4.39 Å². The zero-order valence-corrected chi connectivity index (χ0v) is 12.5. The molecule has 19 heavy (non-hydrogen) atoms. The maximum absolute atomic E-state index is 13.0. The van der Waals surface area contributed by atoms with E-state index in [4.69, 9.17) is 4.74 Å². The van der Waals surface area contributed by atoms with Crippen molar-refractivity contribution in [3.8, 4) is 0 Å². The molecular formula is C15H19BrFNO. The lowest BCUT2D eigenvalue weighted by Crippen LogP contribution is -2.27. The van der Waals surface area contributed by atoms with E-state index in [-0.39, 0.29) is 17.5 Å². The molecule has 1 heterocycles. The Morgan fingerprint density at radius 1 is 1.32 bits per heavy atom. The Bertz CT molecular complexity index is 459. The topological polar surface area (TPSA) is 21.3 Å². The third-order valence-electron chi connectivity index (χ3n) is 4.30. The van der Waals surface area contributed by atoms with Gasteiger partial charge in [-0.15, -0.1) is 0 Å². The van der Waals surface area contributed by atoms with Gasteiger partial charge in [-0.1, -0.05) is 12.8 Å². The monoisotopic (exact) mass is 327 g/mol. The summed E-state index contributed by atoms with van der Waals surface area (Å²) in [5, 5.41) is 3.35. The van der Waals surface area contributed by atoms with Gasteiger partial charge in [0, 0.05) is 16.7 Å². The number of anilines is 1. The minimum absolute atomic E-state index is 0.187. The molecule has 1 aliphatic carbocycles. The van der Waals surface area contributed by atoms with Crippen LogP contribution < -0.4 is 5.32 Å². The molecule has 0 amide bonds. The third-order valence-corrected chi connectivity index (χ3v) is 4.96. The van der Waals surface area contributed by atoms with Gasteiger partial charge in [0.05, 0.1) is 11.7 Å². The van der Waals surface area contributed by atoms with Crippen LogP contribution in [0.5, 0.6) is 0 Å². The number of hydrogen-bond donors (Lipinski definition) is 1. The molecule has 1 atom stereocenters. The minimum atomic E-state index is -0.223. The summed E-state index contributed by atoms with van der Waals surface area (Å²) in [6.45, 7) is 0.798. The van der Waals surface area contributed by atoms with Crippen molar-refractivity contribution in [2.75, 3.05) is 11.9 Å². The van der Waals surface area contributed by atoms with Gasteiger partial charge in [-0.05, 0) is 59.8 Å². The average Bonchev–Trinajstić information content (AvgIpc) is 2.99. The summed E-state index contributed by atoms with van der Waals surface area (Å²) in [7, 11) is 0. The molecule has 1 N–H and O–H groups in total. The normalized spacial score (nSPS) is 25.1. The maximum Gasteiger partial charge on any atom is 0.124 e. The first-order valence-corrected chi connectivity index (χ1v) is 7.83. The highest BCUT2D eigenvalue weighted by atomic mass is 79.9. The zero-order chi connectivity index (χ0) is 13.3. The van der Waals surface area contributed by atoms with Crippen LogP contribution in [0.25, 0.3) is 0 Å². The van der Waals surface area contributed by atoms with Crippen molar-refractivity contribution in [2.24, 2.45) is 0 Å². The Morgan fingerprint density at radius 2 is 2.11 bits per heavy atom. The second-order valence-electron chi connectivity index (χ2n) is 5.67. The molecule has 1 unspecified atom stereocenters. The molecule has 4 heteroatoms. The Morgan fingerprint density at radius 3 is 2.84 bits per heavy atom. The van der Waals surface area contributed by atoms with Gasteiger partial charge >= 0.3 is 0 Å². The molecule has 1 aliphatic heterocycles. The Labute approximate surface area is 121 Å². The lowest BCUT2D eigenvalue weighted by Gasteiger charge is -2.24. The smallest absolute Gasteiger partial charge is 0.124 e. The highest BCUT2D eigenvalue weighted by molar-refractivity contribution is 9.10. The van der Waals surface area contributed by atoms with Crippen LogP contribution in [0.4, 0.5) is 10.1 Å². The maximum atomic E-state index is 13.0. The summed E-state index contributed by atoms with van der Waals surface area (Å²) in [6, 6.07) is 4.72. The van der Waals surface area contributed by atoms with Crippen LogP contribution in [0.2, 0.25) is 0 Å². The number of ether oxygens (including phenoxy) is 1. The van der Waals surface area contributed by atoms with Crippen LogP contribution in [-0.2, 0) is 4.74 Å². The minimum Gasteiger partial charge on any atom is -0.382 e. The lowest BCUT2D eigenvalue weighted by molar-refractivity contribution is -0.0307. The standard InChI is InChI=1S/C15H19BrFNO/c16-13-9-11(17)3-4-14(13)18-10-12-5-8-15(19-12)6-1-2-7-15/h3-4,9,12,18H,1-2,5-8,10H2. The number of nitrogens with one attached hydrogen (secondary N) is 1. The van der Waals surface area contributed by atoms with E-state index in [1.165, 1.54) is 44.2 Å². The molecule has 2 nitrogen and oxygen atoms in total. The summed E-state index contributed by atoms with van der Waals surface area (Å²) < 4.78 is 20.0. The molecule has 1 saturated carbocycles. The molecule has 0 bridgehead atoms. The van der Waals surface area contributed by atoms with E-state index in [0.717, 1.165) is 23.1 Å². The summed E-state index contributed by atoms with van der Waals surface area (Å²) in [6.07, 6.45) is 7.69. The highest BCUT2D eigenvalue weighted by Gasteiger charge is 2.41. The van der Waals surface area contributed by atoms with Gasteiger partial charge in [-0.3, -0.25) is 0 Å². The predicted molar refractivity (Wildman–Crippen MR) is 77.9 cm³/mol. The molecule has 0 radical (unpaired) electrons. The Kier molecular flexibility index (Phi) is 3.81. The van der Waals surface area contributed by atoms with Gasteiger partial charge in [0.15, 0.2) is 0 Å². The van der Waals surface area contributed by atoms with Crippen molar-refractivity contribution < 1.29 is 9.13 Å². The van der Waals surface area contributed by atoms with Crippen molar-refractivity contribution in [1.29, 1.82) is 0 Å². The van der Waals surface area contributed by atoms with Crippen molar-refractivity contribution in [3.63, 3.8) is 0 Å². The zero-order valence-electron chi connectivity index (χ0n) is 10.9. The second kappa shape index (κ2) is 5.41. The summed E-state index contributed by atoms with van der Waals surface area (Å²) in [5.41, 5.74) is 1.12. The quantitative estimate of drug-likeness (QED) is 0.883. The molecule has 3 rings (SSSR count). The fourth-order valence-corrected chi connectivity index (χ4v) is 3.77. The predicted octanol–water partition coefficient (Wildman–Crippen LogP) is 4.49. The number of benzene rings is 1. The fourth-order valence-electron chi connectivity index (χ4n) is 3.28. The highest BCUT2D eigenvalue weighted by Crippen LogP contribution is 2.43. The molecule has 104 valence electrons. The van der Waals surface area contributed by atoms with E-state index in [0.29, 0.717) is 0 Å². The van der Waals surface area contributed by atoms with Crippen LogP contribution in [-0.4, -0.2) is 18.2 Å². The number of rotatable bonds is 3. The largest absolute Gasteiger partial charge is 0.382 e. The average molecular weight is 328 g/mol. The van der Waals surface area contributed by atoms with Crippen LogP contribution in [0.1, 0.15) is 38.5 Å². The summed E-state index contributed by atoms with van der Waals surface area (Å²) >= 11 is 3.37. The first kappa shape index (κ1) is 13.4. The molecule has 2 aliphatic rings. The first-order chi connectivity index (χ1) is 9.17. The van der Waals surface area contributed by atoms with Crippen LogP contribution in [0, 0.1) is 5.82 Å². The van der Waals surface area contributed by atoms with Gasteiger partial charge in [0.1, 0.15) is 5.82 Å². The van der Waals surface area contributed by atoms with Crippen molar-refractivity contribution in [3.05, 3.63) is 28.5 Å². The van der Waals surface area contributed by atoms with E-state index in [9.17, 15) is 4.39 Å². The Hall–Kier alpha value is -0.610. The van der Waals surface area contributed by atoms with Crippen molar-refractivity contribution in [2.45, 2.75) is 50.2 Å². The molecule has 1 saturated heterocycles. The van der Waals surface area contributed by atoms with Crippen molar-refractivity contribution in [1.82, 2.24) is 0 Å². The first-order valence-electron chi connectivity index (χ1n) is 7.04. The number of hydrogen-bond acceptors (Lipinski definition) is 2. The number of halogens is 2. The molecule has 1 aromatic carbocycles. The van der Waals surface area contributed by atoms with Gasteiger partial charge in [-0.2, -0.15) is 0 Å². The van der Waals surface area contributed by atoms with Gasteiger partial charge in [0.25, 0.3) is 0 Å². The third kappa shape index (κ3) is 2.95. The van der Waals surface area contributed by atoms with Crippen molar-refractivity contribution >= 4 is 21.6 Å². The van der Waals surface area contributed by atoms with E-state index >= 15 is 0 Å². The van der Waals surface area contributed by atoms with Crippen LogP contribution in [0.3, 0.4) is 0 Å². The van der Waals surface area contributed by atoms with E-state index in [2.05, 4.69) is 21.2 Å². The molecule has 1 aromatic rings. The lowest BCUT2D eigenvalue weighted by atomic mass is 9.98. The summed E-state index contributed by atoms with van der Waals surface area (Å²) in [5.74, 6) is -0.223. The molecule has 1 spiro atoms. The second-order valence-corrected chi connectivity index (χ2v) is 6.53. The summed E-state index contributed by atoms with van der Waals surface area (Å²) in [4.78, 5) is 0. The molecular weight excluding hydrogens is 309 g/mol. The SMILES string of the molecule is Fc1ccc(NCC2CCC3(CCCC3)O2)c(Br)c1. The van der Waals surface area contributed by atoms with E-state index in [1.807, 2.05) is 0 Å². The van der Waals surface area contributed by atoms with Crippen LogP contribution >= 0.6 is 15.9 Å². The van der Waals surface area contributed by atoms with Gasteiger partial charge in [0.2, 0.25) is 0 Å². The Balaban J connectivity index is 1.55. The van der Waals surface area contributed by atoms with E-state index in [1.54, 1.807) is 6.07 Å².